The van der Waals surface area contributed by atoms with Gasteiger partial charge in [0.2, 0.25) is 15.7 Å². The van der Waals surface area contributed by atoms with Crippen molar-refractivity contribution in [3.8, 4) is 5.88 Å². The van der Waals surface area contributed by atoms with Gasteiger partial charge in [-0.05, 0) is 30.3 Å². The molecule has 1 aromatic carbocycles. The molecule has 27 heavy (non-hydrogen) atoms. The Morgan fingerprint density at radius 1 is 1.11 bits per heavy atom. The first kappa shape index (κ1) is 20.6. The quantitative estimate of drug-likeness (QED) is 0.739. The van der Waals surface area contributed by atoms with E-state index in [9.17, 15) is 35.2 Å². The van der Waals surface area contributed by atoms with E-state index in [1.807, 2.05) is 0 Å². The fourth-order valence-electron chi connectivity index (χ4n) is 1.79. The molecule has 0 aliphatic carbocycles. The first-order chi connectivity index (χ1) is 12.5. The second-order valence-corrected chi connectivity index (χ2v) is 6.99. The number of benzene rings is 1. The maximum absolute atomic E-state index is 12.4. The van der Waals surface area contributed by atoms with Crippen molar-refractivity contribution < 1.29 is 39.9 Å². The molecule has 12 heteroatoms. The van der Waals surface area contributed by atoms with Crippen LogP contribution in [0.5, 0.6) is 5.88 Å². The summed E-state index contributed by atoms with van der Waals surface area (Å²) in [7, 11) is -4.75. The predicted molar refractivity (Wildman–Crippen MR) is 83.4 cm³/mol. The number of hydrogen-bond donors (Lipinski definition) is 1. The summed E-state index contributed by atoms with van der Waals surface area (Å²) in [5, 5.41) is 2.36. The van der Waals surface area contributed by atoms with Crippen LogP contribution >= 0.6 is 0 Å². The molecule has 0 spiro atoms. The lowest BCUT2D eigenvalue weighted by atomic mass is 10.2. The fraction of sp³-hybridized carbons (Fsp3) is 0.200. The van der Waals surface area contributed by atoms with Gasteiger partial charge in [-0.1, -0.05) is 0 Å². The van der Waals surface area contributed by atoms with Gasteiger partial charge in [-0.2, -0.15) is 22.0 Å². The molecule has 2 rings (SSSR count). The van der Waals surface area contributed by atoms with Crippen LogP contribution in [0.15, 0.2) is 47.5 Å². The van der Waals surface area contributed by atoms with E-state index >= 15 is 0 Å². The van der Waals surface area contributed by atoms with Crippen molar-refractivity contribution in [3.05, 3.63) is 48.2 Å². The Bertz CT molecular complexity index is 897. The number of hydrogen-bond acceptors (Lipinski definition) is 5. The summed E-state index contributed by atoms with van der Waals surface area (Å²) in [6, 6.07) is 6.28. The Hall–Kier alpha value is -2.76. The number of amides is 1. The van der Waals surface area contributed by atoms with Crippen LogP contribution in [0.25, 0.3) is 0 Å². The summed E-state index contributed by atoms with van der Waals surface area (Å²) in [6.07, 6.45) is -3.54. The van der Waals surface area contributed by atoms with Crippen molar-refractivity contribution in [3.63, 3.8) is 0 Å². The van der Waals surface area contributed by atoms with Crippen LogP contribution in [0.3, 0.4) is 0 Å². The number of rotatable bonds is 6. The number of nitrogens with one attached hydrogen (secondary N) is 1. The summed E-state index contributed by atoms with van der Waals surface area (Å²) in [5.74, 6) is -4.60. The Morgan fingerprint density at radius 3 is 2.22 bits per heavy atom. The van der Waals surface area contributed by atoms with Crippen molar-refractivity contribution in [2.75, 3.05) is 11.9 Å². The van der Waals surface area contributed by atoms with E-state index in [0.29, 0.717) is 0 Å². The number of pyridine rings is 1. The molecule has 0 saturated heterocycles. The molecule has 0 radical (unpaired) electrons. The SMILES string of the molecule is O=C(Nc1ccc(S(=O)(=O)C(F)F)cc1)c1ccc(OCC(F)(F)F)nc1. The van der Waals surface area contributed by atoms with E-state index < -0.39 is 39.2 Å². The second kappa shape index (κ2) is 7.86. The molecule has 0 unspecified atom stereocenters. The van der Waals surface area contributed by atoms with Gasteiger partial charge in [0.15, 0.2) is 6.61 Å². The normalized spacial score (nSPS) is 12.1. The molecule has 0 aliphatic rings. The number of aromatic nitrogens is 1. The highest BCUT2D eigenvalue weighted by Gasteiger charge is 2.28. The molecule has 1 N–H and O–H groups in total. The molecule has 1 heterocycles. The van der Waals surface area contributed by atoms with Gasteiger partial charge in [-0.3, -0.25) is 4.79 Å². The van der Waals surface area contributed by atoms with E-state index in [1.54, 1.807) is 0 Å². The minimum absolute atomic E-state index is 0.0152. The Balaban J connectivity index is 2.03. The van der Waals surface area contributed by atoms with Gasteiger partial charge >= 0.3 is 11.9 Å². The van der Waals surface area contributed by atoms with Crippen LogP contribution in [0.2, 0.25) is 0 Å². The Kier molecular flexibility index (Phi) is 5.98. The molecule has 0 saturated carbocycles. The Morgan fingerprint density at radius 2 is 1.74 bits per heavy atom. The molecule has 0 atom stereocenters. The monoisotopic (exact) mass is 410 g/mol. The second-order valence-electron chi connectivity index (χ2n) is 5.07. The minimum atomic E-state index is -4.75. The van der Waals surface area contributed by atoms with Crippen LogP contribution in [0.1, 0.15) is 10.4 Å². The van der Waals surface area contributed by atoms with Gasteiger partial charge in [0.05, 0.1) is 10.5 Å². The first-order valence-corrected chi connectivity index (χ1v) is 8.63. The number of carbonyl (C=O) groups is 1. The smallest absolute Gasteiger partial charge is 0.422 e. The summed E-state index contributed by atoms with van der Waals surface area (Å²) in [4.78, 5) is 15.0. The third-order valence-electron chi connectivity index (χ3n) is 3.06. The molecule has 1 amide bonds. The summed E-state index contributed by atoms with van der Waals surface area (Å²) in [5.41, 5.74) is 0.101. The molecular formula is C15H11F5N2O4S. The van der Waals surface area contributed by atoms with Gasteiger partial charge < -0.3 is 10.1 Å². The molecule has 0 aliphatic heterocycles. The zero-order chi connectivity index (χ0) is 20.2. The number of halogens is 5. The van der Waals surface area contributed by atoms with Gasteiger partial charge in [0.1, 0.15) is 0 Å². The predicted octanol–water partition coefficient (Wildman–Crippen LogP) is 3.27. The lowest BCUT2D eigenvalue weighted by molar-refractivity contribution is -0.154. The number of nitrogens with zero attached hydrogens (tertiary/aromatic N) is 1. The molecule has 146 valence electrons. The van der Waals surface area contributed by atoms with E-state index in [1.165, 1.54) is 6.07 Å². The number of sulfone groups is 1. The summed E-state index contributed by atoms with van der Waals surface area (Å²) < 4.78 is 88.0. The number of carbonyl (C=O) groups excluding carboxylic acids is 1. The van der Waals surface area contributed by atoms with Gasteiger partial charge in [-0.25, -0.2) is 13.4 Å². The first-order valence-electron chi connectivity index (χ1n) is 7.08. The zero-order valence-electron chi connectivity index (χ0n) is 13.2. The lowest BCUT2D eigenvalue weighted by Crippen LogP contribution is -2.19. The number of alkyl halides is 5. The van der Waals surface area contributed by atoms with Crippen LogP contribution in [0, 0.1) is 0 Å². The van der Waals surface area contributed by atoms with Crippen LogP contribution in [-0.4, -0.2) is 37.8 Å². The van der Waals surface area contributed by atoms with Crippen LogP contribution < -0.4 is 10.1 Å². The van der Waals surface area contributed by atoms with Gasteiger partial charge in [0, 0.05) is 18.0 Å². The highest BCUT2D eigenvalue weighted by molar-refractivity contribution is 7.91. The average Bonchev–Trinajstić information content (AvgIpc) is 2.60. The highest BCUT2D eigenvalue weighted by atomic mass is 32.2. The standard InChI is InChI=1S/C15H11F5N2O4S/c16-14(17)27(24,25)11-4-2-10(3-5-11)22-13(23)9-1-6-12(21-7-9)26-8-15(18,19)20/h1-7,14H,8H2,(H,22,23). The third kappa shape index (κ3) is 5.61. The maximum Gasteiger partial charge on any atom is 0.422 e. The fourth-order valence-corrected chi connectivity index (χ4v) is 2.51. The van der Waals surface area contributed by atoms with Crippen molar-refractivity contribution in [2.24, 2.45) is 0 Å². The van der Waals surface area contributed by atoms with Crippen molar-refractivity contribution >= 4 is 21.4 Å². The molecule has 1 aromatic heterocycles. The molecule has 0 fully saturated rings. The van der Waals surface area contributed by atoms with Crippen molar-refractivity contribution in [1.29, 1.82) is 0 Å². The van der Waals surface area contributed by atoms with E-state index in [4.69, 9.17) is 0 Å². The maximum atomic E-state index is 12.4. The van der Waals surface area contributed by atoms with Crippen molar-refractivity contribution in [1.82, 2.24) is 4.98 Å². The van der Waals surface area contributed by atoms with Crippen LogP contribution in [-0.2, 0) is 9.84 Å². The number of anilines is 1. The highest BCUT2D eigenvalue weighted by Crippen LogP contribution is 2.21. The minimum Gasteiger partial charge on any atom is -0.468 e. The van der Waals surface area contributed by atoms with Crippen LogP contribution in [0.4, 0.5) is 27.6 Å². The molecular weight excluding hydrogens is 399 g/mol. The number of ether oxygens (including phenoxy) is 1. The van der Waals surface area contributed by atoms with Gasteiger partial charge in [-0.15, -0.1) is 0 Å². The Labute approximate surface area is 149 Å². The zero-order valence-corrected chi connectivity index (χ0v) is 14.0. The molecule has 0 bridgehead atoms. The van der Waals surface area contributed by atoms with Crippen molar-refractivity contribution in [2.45, 2.75) is 16.8 Å². The van der Waals surface area contributed by atoms with E-state index in [0.717, 1.165) is 36.5 Å². The summed E-state index contributed by atoms with van der Waals surface area (Å²) >= 11 is 0. The average molecular weight is 410 g/mol. The topological polar surface area (TPSA) is 85.4 Å². The van der Waals surface area contributed by atoms with E-state index in [2.05, 4.69) is 15.0 Å². The third-order valence-corrected chi connectivity index (χ3v) is 4.46. The van der Waals surface area contributed by atoms with E-state index in [-0.39, 0.29) is 17.1 Å². The summed E-state index contributed by atoms with van der Waals surface area (Å²) in [6.45, 7) is -1.53. The molecule has 2 aromatic rings. The van der Waals surface area contributed by atoms with Gasteiger partial charge in [0.25, 0.3) is 5.91 Å². The molecule has 6 nitrogen and oxygen atoms in total. The lowest BCUT2D eigenvalue weighted by Gasteiger charge is -2.09. The largest absolute Gasteiger partial charge is 0.468 e.